The van der Waals surface area contributed by atoms with Gasteiger partial charge in [-0.2, -0.15) is 0 Å². The third-order valence-electron chi connectivity index (χ3n) is 2.04. The molecule has 0 unspecified atom stereocenters. The number of nitro groups is 1. The van der Waals surface area contributed by atoms with Crippen LogP contribution in [0, 0.1) is 10.1 Å². The quantitative estimate of drug-likeness (QED) is 0.154. The summed E-state index contributed by atoms with van der Waals surface area (Å²) < 4.78 is 4.71. The second-order valence-electron chi connectivity index (χ2n) is 3.29. The highest BCUT2D eigenvalue weighted by Crippen LogP contribution is 2.15. The highest BCUT2D eigenvalue weighted by Gasteiger charge is 2.09. The van der Waals surface area contributed by atoms with E-state index >= 15 is 0 Å². The van der Waals surface area contributed by atoms with Crippen molar-refractivity contribution in [3.8, 4) is 0 Å². The molecule has 0 heterocycles. The number of hydrogen-bond acceptors (Lipinski definition) is 5. The molecule has 0 spiro atoms. The molecule has 0 saturated carbocycles. The van der Waals surface area contributed by atoms with Crippen LogP contribution in [0.4, 0.5) is 5.69 Å². The van der Waals surface area contributed by atoms with Gasteiger partial charge in [-0.15, -0.1) is 0 Å². The lowest BCUT2D eigenvalue weighted by molar-refractivity contribution is -0.384. The predicted octanol–water partition coefficient (Wildman–Crippen LogP) is 2.81. The molecule has 8 heteroatoms. The fourth-order valence-corrected chi connectivity index (χ4v) is 1.23. The van der Waals surface area contributed by atoms with E-state index in [1.54, 1.807) is 6.92 Å². The number of esters is 1. The van der Waals surface area contributed by atoms with Gasteiger partial charge in [0.25, 0.3) is 5.69 Å². The molecule has 0 radical (unpaired) electrons. The summed E-state index contributed by atoms with van der Waals surface area (Å²) in [5.41, 5.74) is 8.58. The zero-order valence-corrected chi connectivity index (χ0v) is 10.0. The minimum Gasteiger partial charge on any atom is -0.462 e. The van der Waals surface area contributed by atoms with Gasteiger partial charge in [-0.1, -0.05) is 5.11 Å². The number of nitrogens with zero attached hydrogens (tertiary/aromatic N) is 4. The van der Waals surface area contributed by atoms with Crippen molar-refractivity contribution in [2.45, 2.75) is 6.92 Å². The first kappa shape index (κ1) is 14.2. The summed E-state index contributed by atoms with van der Waals surface area (Å²) >= 11 is 0. The van der Waals surface area contributed by atoms with E-state index in [4.69, 9.17) is 10.3 Å². The molecule has 0 fully saturated rings. The van der Waals surface area contributed by atoms with E-state index in [0.717, 1.165) is 0 Å². The Morgan fingerprint density at radius 2 is 2.16 bits per heavy atom. The van der Waals surface area contributed by atoms with Crippen LogP contribution in [0.2, 0.25) is 0 Å². The van der Waals surface area contributed by atoms with Crippen LogP contribution in [0.25, 0.3) is 16.5 Å². The van der Waals surface area contributed by atoms with Crippen molar-refractivity contribution >= 4 is 17.7 Å². The molecule has 0 atom stereocenters. The first-order valence-electron chi connectivity index (χ1n) is 5.27. The van der Waals surface area contributed by atoms with Crippen LogP contribution in [-0.2, 0) is 9.53 Å². The van der Waals surface area contributed by atoms with Gasteiger partial charge in [0.05, 0.1) is 11.5 Å². The van der Waals surface area contributed by atoms with Gasteiger partial charge >= 0.3 is 5.97 Å². The molecule has 0 aliphatic carbocycles. The van der Waals surface area contributed by atoms with Crippen LogP contribution < -0.4 is 0 Å². The number of hydrogen-bond donors (Lipinski definition) is 0. The monoisotopic (exact) mass is 262 g/mol. The maximum absolute atomic E-state index is 11.4. The molecule has 0 bridgehead atoms. The fraction of sp³-hybridized carbons (Fsp3) is 0.182. The van der Waals surface area contributed by atoms with Crippen molar-refractivity contribution in [1.82, 2.24) is 0 Å². The summed E-state index contributed by atoms with van der Waals surface area (Å²) in [5.74, 6) is -0.751. The van der Waals surface area contributed by atoms with Gasteiger partial charge in [0.2, 0.25) is 0 Å². The first-order valence-corrected chi connectivity index (χ1v) is 5.27. The number of non-ortho nitro benzene ring substituents is 1. The van der Waals surface area contributed by atoms with E-state index in [1.807, 2.05) is 0 Å². The Balaban J connectivity index is 3.04. The van der Waals surface area contributed by atoms with Crippen molar-refractivity contribution in [1.29, 1.82) is 0 Å². The minimum absolute atomic E-state index is 0.0707. The highest BCUT2D eigenvalue weighted by molar-refractivity contribution is 5.93. The molecule has 1 aromatic rings. The Hall–Kier alpha value is -2.86. The van der Waals surface area contributed by atoms with Crippen LogP contribution in [0.5, 0.6) is 0 Å². The number of carbonyl (C=O) groups excluding carboxylic acids is 1. The molecule has 1 aromatic carbocycles. The summed E-state index contributed by atoms with van der Waals surface area (Å²) in [6.45, 7) is 1.77. The molecular weight excluding hydrogens is 252 g/mol. The Morgan fingerprint density at radius 3 is 2.63 bits per heavy atom. The zero-order valence-electron chi connectivity index (χ0n) is 10.0. The number of ether oxygens (including phenoxy) is 1. The van der Waals surface area contributed by atoms with E-state index in [1.165, 1.54) is 30.3 Å². The number of benzene rings is 1. The van der Waals surface area contributed by atoms with Gasteiger partial charge in [0, 0.05) is 17.0 Å². The van der Waals surface area contributed by atoms with Gasteiger partial charge in [0.1, 0.15) is 5.70 Å². The maximum Gasteiger partial charge on any atom is 0.340 e. The maximum atomic E-state index is 11.4. The highest BCUT2D eigenvalue weighted by atomic mass is 16.6. The lowest BCUT2D eigenvalue weighted by Crippen LogP contribution is -2.05. The van der Waals surface area contributed by atoms with Crippen molar-refractivity contribution < 1.29 is 14.5 Å². The second kappa shape index (κ2) is 6.77. The Kier molecular flexibility index (Phi) is 5.06. The first-order chi connectivity index (χ1) is 9.08. The Bertz CT molecular complexity index is 559. The molecule has 0 aliphatic rings. The lowest BCUT2D eigenvalue weighted by Gasteiger charge is -2.01. The summed E-state index contributed by atoms with van der Waals surface area (Å²) in [7, 11) is 0. The van der Waals surface area contributed by atoms with E-state index in [-0.39, 0.29) is 18.0 Å². The Morgan fingerprint density at radius 1 is 1.53 bits per heavy atom. The molecule has 0 aliphatic heterocycles. The second-order valence-corrected chi connectivity index (χ2v) is 3.29. The van der Waals surface area contributed by atoms with E-state index in [2.05, 4.69) is 10.0 Å². The van der Waals surface area contributed by atoms with Crippen molar-refractivity contribution in [2.75, 3.05) is 6.61 Å². The fourth-order valence-electron chi connectivity index (χ4n) is 1.23. The SMILES string of the molecule is CCOC(=O)/C(=C/c1ccc([N+](=O)[O-])cc1)N=[N+]=[N-]. The van der Waals surface area contributed by atoms with Crippen LogP contribution in [0.3, 0.4) is 0 Å². The summed E-state index contributed by atoms with van der Waals surface area (Å²) in [6.07, 6.45) is 1.29. The smallest absolute Gasteiger partial charge is 0.340 e. The lowest BCUT2D eigenvalue weighted by atomic mass is 10.2. The van der Waals surface area contributed by atoms with E-state index < -0.39 is 10.9 Å². The van der Waals surface area contributed by atoms with Crippen LogP contribution in [0.1, 0.15) is 12.5 Å². The third kappa shape index (κ3) is 4.14. The molecular formula is C11H10N4O4. The number of azide groups is 1. The molecule has 19 heavy (non-hydrogen) atoms. The summed E-state index contributed by atoms with van der Waals surface area (Å²) in [4.78, 5) is 23.9. The van der Waals surface area contributed by atoms with Crippen LogP contribution in [-0.4, -0.2) is 17.5 Å². The summed E-state index contributed by atoms with van der Waals surface area (Å²) in [6, 6.07) is 5.43. The van der Waals surface area contributed by atoms with Crippen molar-refractivity contribution in [2.24, 2.45) is 5.11 Å². The predicted molar refractivity (Wildman–Crippen MR) is 66.9 cm³/mol. The number of carbonyl (C=O) groups is 1. The van der Waals surface area contributed by atoms with Gasteiger partial charge < -0.3 is 4.74 Å². The molecule has 8 nitrogen and oxygen atoms in total. The normalized spacial score (nSPS) is 10.5. The van der Waals surface area contributed by atoms with E-state index in [9.17, 15) is 14.9 Å². The van der Waals surface area contributed by atoms with Crippen molar-refractivity contribution in [3.05, 3.63) is 56.1 Å². The largest absolute Gasteiger partial charge is 0.462 e. The average molecular weight is 262 g/mol. The number of rotatable bonds is 5. The van der Waals surface area contributed by atoms with Crippen LogP contribution >= 0.6 is 0 Å². The topological polar surface area (TPSA) is 118 Å². The van der Waals surface area contributed by atoms with E-state index in [0.29, 0.717) is 5.56 Å². The minimum atomic E-state index is -0.751. The van der Waals surface area contributed by atoms with Crippen LogP contribution in [0.15, 0.2) is 35.1 Å². The van der Waals surface area contributed by atoms with Gasteiger partial charge in [-0.25, -0.2) is 4.79 Å². The standard InChI is InChI=1S/C11H10N4O4/c1-2-19-11(16)10(13-14-12)7-8-3-5-9(6-4-8)15(17)18/h3-7H,2H2,1H3/b10-7-. The molecule has 1 rings (SSSR count). The molecule has 0 aromatic heterocycles. The number of nitro benzene ring substituents is 1. The van der Waals surface area contributed by atoms with Gasteiger partial charge in [-0.3, -0.25) is 10.1 Å². The van der Waals surface area contributed by atoms with Gasteiger partial charge in [0.15, 0.2) is 0 Å². The summed E-state index contributed by atoms with van der Waals surface area (Å²) in [5, 5.41) is 13.7. The van der Waals surface area contributed by atoms with Crippen molar-refractivity contribution in [3.63, 3.8) is 0 Å². The molecule has 0 amide bonds. The molecule has 0 saturated heterocycles. The Labute approximate surface area is 108 Å². The average Bonchev–Trinajstić information content (AvgIpc) is 2.39. The molecule has 0 N–H and O–H groups in total. The zero-order chi connectivity index (χ0) is 14.3. The third-order valence-corrected chi connectivity index (χ3v) is 2.04. The molecule has 98 valence electrons. The van der Waals surface area contributed by atoms with Gasteiger partial charge in [-0.05, 0) is 36.2 Å².